The van der Waals surface area contributed by atoms with E-state index in [0.29, 0.717) is 17.8 Å². The maximum Gasteiger partial charge on any atom is 0.421 e. The van der Waals surface area contributed by atoms with Gasteiger partial charge < -0.3 is 25.2 Å². The lowest BCUT2D eigenvalue weighted by molar-refractivity contribution is -0.279. The van der Waals surface area contributed by atoms with Crippen molar-refractivity contribution in [1.82, 2.24) is 0 Å². The minimum atomic E-state index is -5.23. The van der Waals surface area contributed by atoms with Gasteiger partial charge in [-0.25, -0.2) is 8.78 Å². The quantitative estimate of drug-likeness (QED) is 0.480. The Morgan fingerprint density at radius 1 is 1.22 bits per heavy atom. The largest absolute Gasteiger partial charge is 0.493 e. The van der Waals surface area contributed by atoms with Crippen molar-refractivity contribution in [1.29, 1.82) is 0 Å². The van der Waals surface area contributed by atoms with Crippen molar-refractivity contribution in [2.45, 2.75) is 17.8 Å². The number of halogens is 6. The second kappa shape index (κ2) is 9.13. The number of benzene rings is 2. The zero-order chi connectivity index (χ0) is 23.7. The fourth-order valence-corrected chi connectivity index (χ4v) is 3.70. The van der Waals surface area contributed by atoms with Crippen LogP contribution < -0.4 is 15.4 Å². The second-order valence-corrected chi connectivity index (χ2v) is 7.52. The van der Waals surface area contributed by atoms with Crippen molar-refractivity contribution < 1.29 is 36.5 Å². The number of aliphatic hydroxyl groups is 1. The molecule has 3 rings (SSSR count). The molecule has 0 amide bonds. The van der Waals surface area contributed by atoms with Crippen LogP contribution in [0.2, 0.25) is 5.02 Å². The van der Waals surface area contributed by atoms with E-state index in [1.165, 1.54) is 6.07 Å². The summed E-state index contributed by atoms with van der Waals surface area (Å²) in [7, 11) is 2.03. The summed E-state index contributed by atoms with van der Waals surface area (Å²) in [4.78, 5) is 0. The molecule has 0 saturated carbocycles. The van der Waals surface area contributed by atoms with E-state index in [-0.39, 0.29) is 10.7 Å². The third kappa shape index (κ3) is 4.35. The predicted molar refractivity (Wildman–Crippen MR) is 111 cm³/mol. The molecule has 1 heterocycles. The van der Waals surface area contributed by atoms with Crippen LogP contribution in [0.1, 0.15) is 17.2 Å². The first-order valence-corrected chi connectivity index (χ1v) is 9.71. The van der Waals surface area contributed by atoms with Gasteiger partial charge in [0.2, 0.25) is 5.60 Å². The standard InChI is InChI=1S/C21H20ClF5N2O3/c1-31-10-20(30,21(25,26)27)19(13-5-6-14(22)17(24)18(13)32-2)29-16-9-11(23)8-15-12(16)4-3-7-28-15/h3-6,8-9,19,28-30H,7,10H2,1-2H3. The van der Waals surface area contributed by atoms with Crippen LogP contribution >= 0.6 is 11.6 Å². The van der Waals surface area contributed by atoms with Gasteiger partial charge in [0.1, 0.15) is 5.82 Å². The first-order chi connectivity index (χ1) is 15.0. The highest BCUT2D eigenvalue weighted by molar-refractivity contribution is 6.30. The third-order valence-corrected chi connectivity index (χ3v) is 5.36. The van der Waals surface area contributed by atoms with Gasteiger partial charge in [0.25, 0.3) is 0 Å². The predicted octanol–water partition coefficient (Wildman–Crippen LogP) is 5.16. The van der Waals surface area contributed by atoms with Gasteiger partial charge in [0.05, 0.1) is 24.8 Å². The van der Waals surface area contributed by atoms with E-state index in [4.69, 9.17) is 16.3 Å². The Morgan fingerprint density at radius 3 is 2.56 bits per heavy atom. The molecule has 0 radical (unpaired) electrons. The molecular weight excluding hydrogens is 459 g/mol. The van der Waals surface area contributed by atoms with Crippen LogP contribution in [0, 0.1) is 11.6 Å². The highest BCUT2D eigenvalue weighted by Crippen LogP contribution is 2.47. The highest BCUT2D eigenvalue weighted by atomic mass is 35.5. The number of hydrogen-bond acceptors (Lipinski definition) is 5. The van der Waals surface area contributed by atoms with E-state index < -0.39 is 47.4 Å². The zero-order valence-electron chi connectivity index (χ0n) is 17.0. The molecule has 2 atom stereocenters. The van der Waals surface area contributed by atoms with Crippen LogP contribution in [-0.2, 0) is 4.74 Å². The maximum atomic E-state index is 14.6. The van der Waals surface area contributed by atoms with Crippen molar-refractivity contribution in [3.05, 3.63) is 58.1 Å². The lowest BCUT2D eigenvalue weighted by atomic mass is 9.86. The van der Waals surface area contributed by atoms with Gasteiger partial charge in [-0.2, -0.15) is 13.2 Å². The number of nitrogens with one attached hydrogen (secondary N) is 2. The molecule has 11 heteroatoms. The minimum Gasteiger partial charge on any atom is -0.493 e. The molecule has 0 aromatic heterocycles. The molecular formula is C21H20ClF5N2O3. The highest BCUT2D eigenvalue weighted by Gasteiger charge is 2.60. The molecule has 0 bridgehead atoms. The van der Waals surface area contributed by atoms with Crippen LogP contribution in [0.15, 0.2) is 30.3 Å². The van der Waals surface area contributed by atoms with E-state index >= 15 is 0 Å². The van der Waals surface area contributed by atoms with Crippen LogP contribution in [0.3, 0.4) is 0 Å². The zero-order valence-corrected chi connectivity index (χ0v) is 17.7. The molecule has 5 nitrogen and oxygen atoms in total. The smallest absolute Gasteiger partial charge is 0.421 e. The molecule has 0 spiro atoms. The van der Waals surface area contributed by atoms with Crippen molar-refractivity contribution in [3.8, 4) is 5.75 Å². The first kappa shape index (κ1) is 24.1. The molecule has 0 aliphatic carbocycles. The number of methoxy groups -OCH3 is 2. The molecule has 32 heavy (non-hydrogen) atoms. The molecule has 2 aromatic carbocycles. The van der Waals surface area contributed by atoms with E-state index in [0.717, 1.165) is 32.4 Å². The SMILES string of the molecule is COCC(O)(C(Nc1cc(F)cc2c1C=CCN2)c1ccc(Cl)c(F)c1OC)C(F)(F)F. The van der Waals surface area contributed by atoms with Crippen LogP contribution in [0.25, 0.3) is 6.08 Å². The fourth-order valence-electron chi connectivity index (χ4n) is 3.55. The average Bonchev–Trinajstić information content (AvgIpc) is 2.73. The van der Waals surface area contributed by atoms with Gasteiger partial charge in [0, 0.05) is 36.2 Å². The first-order valence-electron chi connectivity index (χ1n) is 9.34. The molecule has 1 aliphatic heterocycles. The Balaban J connectivity index is 2.25. The summed E-state index contributed by atoms with van der Waals surface area (Å²) in [5.41, 5.74) is -3.31. The molecule has 1 aliphatic rings. The van der Waals surface area contributed by atoms with Gasteiger partial charge >= 0.3 is 6.18 Å². The summed E-state index contributed by atoms with van der Waals surface area (Å²) in [6, 6.07) is 2.23. The normalized spacial score (nSPS) is 16.0. The van der Waals surface area contributed by atoms with E-state index in [2.05, 4.69) is 15.4 Å². The minimum absolute atomic E-state index is 0.0651. The van der Waals surface area contributed by atoms with E-state index in [9.17, 15) is 27.1 Å². The van der Waals surface area contributed by atoms with Crippen LogP contribution in [-0.4, -0.2) is 44.3 Å². The molecule has 0 saturated heterocycles. The summed E-state index contributed by atoms with van der Waals surface area (Å²) >= 11 is 5.76. The summed E-state index contributed by atoms with van der Waals surface area (Å²) in [5, 5.41) is 15.9. The topological polar surface area (TPSA) is 62.8 Å². The van der Waals surface area contributed by atoms with Crippen LogP contribution in [0.4, 0.5) is 33.3 Å². The Kier molecular flexibility index (Phi) is 6.87. The number of fused-ring (bicyclic) bond motifs is 1. The van der Waals surface area contributed by atoms with E-state index in [1.807, 2.05) is 0 Å². The Morgan fingerprint density at radius 2 is 1.94 bits per heavy atom. The number of alkyl halides is 3. The number of ether oxygens (including phenoxy) is 2. The summed E-state index contributed by atoms with van der Waals surface area (Å²) in [6.45, 7) is -0.807. The van der Waals surface area contributed by atoms with E-state index in [1.54, 1.807) is 12.2 Å². The summed E-state index contributed by atoms with van der Waals surface area (Å²) in [5.74, 6) is -2.44. The number of rotatable bonds is 7. The molecule has 0 fully saturated rings. The van der Waals surface area contributed by atoms with Crippen molar-refractivity contribution in [2.24, 2.45) is 0 Å². The average molecular weight is 479 g/mol. The Hall–Kier alpha value is -2.56. The monoisotopic (exact) mass is 478 g/mol. The van der Waals surface area contributed by atoms with Gasteiger partial charge in [-0.15, -0.1) is 0 Å². The maximum absolute atomic E-state index is 14.6. The van der Waals surface area contributed by atoms with Crippen LogP contribution in [0.5, 0.6) is 5.75 Å². The molecule has 3 N–H and O–H groups in total. The van der Waals surface area contributed by atoms with Gasteiger partial charge in [-0.3, -0.25) is 0 Å². The van der Waals surface area contributed by atoms with Crippen molar-refractivity contribution >= 4 is 29.1 Å². The summed E-state index contributed by atoms with van der Waals surface area (Å²) < 4.78 is 80.9. The molecule has 2 unspecified atom stereocenters. The Labute approximate surface area is 185 Å². The third-order valence-electron chi connectivity index (χ3n) is 5.07. The number of anilines is 2. The fraction of sp³-hybridized carbons (Fsp3) is 0.333. The Bertz CT molecular complexity index is 1030. The molecule has 2 aromatic rings. The number of hydrogen-bond donors (Lipinski definition) is 3. The molecule has 174 valence electrons. The lowest BCUT2D eigenvalue weighted by Crippen LogP contribution is -2.56. The summed E-state index contributed by atoms with van der Waals surface area (Å²) in [6.07, 6.45) is -1.95. The lowest BCUT2D eigenvalue weighted by Gasteiger charge is -2.39. The second-order valence-electron chi connectivity index (χ2n) is 7.11. The van der Waals surface area contributed by atoms with Gasteiger partial charge in [-0.1, -0.05) is 29.8 Å². The van der Waals surface area contributed by atoms with Crippen molar-refractivity contribution in [3.63, 3.8) is 0 Å². The van der Waals surface area contributed by atoms with Crippen molar-refractivity contribution in [2.75, 3.05) is 38.0 Å². The van der Waals surface area contributed by atoms with Gasteiger partial charge in [-0.05, 0) is 18.2 Å². The van der Waals surface area contributed by atoms with Gasteiger partial charge in [0.15, 0.2) is 11.6 Å².